The second-order valence-electron chi connectivity index (χ2n) is 3.73. The normalized spacial score (nSPS) is 44.7. The Bertz CT molecular complexity index is 149. The van der Waals surface area contributed by atoms with Crippen LogP contribution in [0.3, 0.4) is 0 Å². The third-order valence-corrected chi connectivity index (χ3v) is 2.76. The van der Waals surface area contributed by atoms with Crippen molar-refractivity contribution in [3.05, 3.63) is 0 Å². The van der Waals surface area contributed by atoms with E-state index in [1.54, 1.807) is 6.92 Å². The smallest absolute Gasteiger partial charge is 0.102 e. The Hall–Kier alpha value is -0.120. The third-order valence-electron chi connectivity index (χ3n) is 2.76. The number of fused-ring (bicyclic) bond motifs is 2. The van der Waals surface area contributed by atoms with Gasteiger partial charge >= 0.3 is 0 Å². The van der Waals surface area contributed by atoms with E-state index in [4.69, 9.17) is 5.11 Å². The standard InChI is InChI=1S/C8H16N2O/c1-5(11)9-8-4-6-2-3-7(8)10-6/h5-11H,2-4H2,1H3. The van der Waals surface area contributed by atoms with Crippen LogP contribution < -0.4 is 10.6 Å². The van der Waals surface area contributed by atoms with Crippen molar-refractivity contribution in [1.29, 1.82) is 0 Å². The van der Waals surface area contributed by atoms with Crippen LogP contribution in [0.4, 0.5) is 0 Å². The Labute approximate surface area is 67.2 Å². The van der Waals surface area contributed by atoms with Gasteiger partial charge in [0.15, 0.2) is 0 Å². The molecule has 3 heteroatoms. The van der Waals surface area contributed by atoms with Crippen molar-refractivity contribution in [3.63, 3.8) is 0 Å². The molecule has 0 aromatic rings. The summed E-state index contributed by atoms with van der Waals surface area (Å²) in [5, 5.41) is 15.8. The molecule has 2 aliphatic rings. The summed E-state index contributed by atoms with van der Waals surface area (Å²) in [6.45, 7) is 1.78. The number of rotatable bonds is 2. The van der Waals surface area contributed by atoms with Gasteiger partial charge in [0.1, 0.15) is 6.23 Å². The van der Waals surface area contributed by atoms with Crippen LogP contribution in [0.5, 0.6) is 0 Å². The maximum absolute atomic E-state index is 9.10. The number of aliphatic hydroxyl groups excluding tert-OH is 1. The summed E-state index contributed by atoms with van der Waals surface area (Å²) >= 11 is 0. The second kappa shape index (κ2) is 2.73. The molecule has 0 aromatic heterocycles. The van der Waals surface area contributed by atoms with E-state index in [1.165, 1.54) is 19.3 Å². The monoisotopic (exact) mass is 156 g/mol. The van der Waals surface area contributed by atoms with Gasteiger partial charge in [-0.1, -0.05) is 0 Å². The second-order valence-corrected chi connectivity index (χ2v) is 3.73. The van der Waals surface area contributed by atoms with Crippen LogP contribution in [-0.2, 0) is 0 Å². The average molecular weight is 156 g/mol. The summed E-state index contributed by atoms with van der Waals surface area (Å²) in [4.78, 5) is 0. The van der Waals surface area contributed by atoms with Gasteiger partial charge in [0.25, 0.3) is 0 Å². The molecule has 4 unspecified atom stereocenters. The van der Waals surface area contributed by atoms with E-state index in [0.29, 0.717) is 12.1 Å². The molecule has 64 valence electrons. The van der Waals surface area contributed by atoms with Crippen LogP contribution in [0, 0.1) is 0 Å². The molecule has 4 atom stereocenters. The lowest BCUT2D eigenvalue weighted by atomic mass is 9.95. The predicted octanol–water partition coefficient (Wildman–Crippen LogP) is -0.193. The Morgan fingerprint density at radius 2 is 2.36 bits per heavy atom. The maximum atomic E-state index is 9.10. The molecule has 2 heterocycles. The van der Waals surface area contributed by atoms with Crippen molar-refractivity contribution < 1.29 is 5.11 Å². The molecule has 0 aromatic carbocycles. The highest BCUT2D eigenvalue weighted by Crippen LogP contribution is 2.28. The van der Waals surface area contributed by atoms with E-state index < -0.39 is 0 Å². The summed E-state index contributed by atoms with van der Waals surface area (Å²) < 4.78 is 0. The van der Waals surface area contributed by atoms with Gasteiger partial charge in [-0.3, -0.25) is 5.32 Å². The molecule has 2 fully saturated rings. The fourth-order valence-electron chi connectivity index (χ4n) is 2.32. The lowest BCUT2D eigenvalue weighted by Gasteiger charge is -2.22. The highest BCUT2D eigenvalue weighted by Gasteiger charge is 2.38. The molecule has 0 amide bonds. The van der Waals surface area contributed by atoms with E-state index in [-0.39, 0.29) is 6.23 Å². The van der Waals surface area contributed by atoms with Crippen LogP contribution in [0.1, 0.15) is 26.2 Å². The molecule has 3 N–H and O–H groups in total. The number of nitrogens with one attached hydrogen (secondary N) is 2. The number of hydrogen-bond donors (Lipinski definition) is 3. The van der Waals surface area contributed by atoms with Gasteiger partial charge in [-0.05, 0) is 26.2 Å². The number of aliphatic hydroxyl groups is 1. The molecule has 0 spiro atoms. The minimum atomic E-state index is -0.360. The summed E-state index contributed by atoms with van der Waals surface area (Å²) in [7, 11) is 0. The van der Waals surface area contributed by atoms with Gasteiger partial charge in [-0.2, -0.15) is 0 Å². The Kier molecular flexibility index (Phi) is 1.87. The molecule has 2 saturated heterocycles. The van der Waals surface area contributed by atoms with Crippen molar-refractivity contribution >= 4 is 0 Å². The lowest BCUT2D eigenvalue weighted by Crippen LogP contribution is -2.43. The van der Waals surface area contributed by atoms with Crippen LogP contribution in [-0.4, -0.2) is 29.5 Å². The summed E-state index contributed by atoms with van der Waals surface area (Å²) in [5.74, 6) is 0. The first-order valence-corrected chi connectivity index (χ1v) is 4.46. The van der Waals surface area contributed by atoms with Gasteiger partial charge < -0.3 is 10.4 Å². The van der Waals surface area contributed by atoms with E-state index in [0.717, 1.165) is 6.04 Å². The van der Waals surface area contributed by atoms with Gasteiger partial charge in [0.2, 0.25) is 0 Å². The molecule has 2 bridgehead atoms. The Balaban J connectivity index is 1.87. The molecule has 2 aliphatic heterocycles. The molecular weight excluding hydrogens is 140 g/mol. The van der Waals surface area contributed by atoms with Crippen LogP contribution in [0.15, 0.2) is 0 Å². The summed E-state index contributed by atoms with van der Waals surface area (Å²) in [6, 6.07) is 1.85. The van der Waals surface area contributed by atoms with Crippen LogP contribution >= 0.6 is 0 Å². The zero-order chi connectivity index (χ0) is 7.84. The quantitative estimate of drug-likeness (QED) is 0.485. The highest BCUT2D eigenvalue weighted by molar-refractivity contribution is 5.01. The van der Waals surface area contributed by atoms with Gasteiger partial charge in [-0.15, -0.1) is 0 Å². The molecule has 3 nitrogen and oxygen atoms in total. The zero-order valence-corrected chi connectivity index (χ0v) is 6.88. The predicted molar refractivity (Wildman–Crippen MR) is 43.2 cm³/mol. The first-order valence-electron chi connectivity index (χ1n) is 4.46. The van der Waals surface area contributed by atoms with Crippen LogP contribution in [0.2, 0.25) is 0 Å². The highest BCUT2D eigenvalue weighted by atomic mass is 16.3. The van der Waals surface area contributed by atoms with E-state index in [1.807, 2.05) is 0 Å². The average Bonchev–Trinajstić information content (AvgIpc) is 2.45. The third kappa shape index (κ3) is 1.41. The van der Waals surface area contributed by atoms with E-state index >= 15 is 0 Å². The van der Waals surface area contributed by atoms with Gasteiger partial charge in [0, 0.05) is 18.1 Å². The summed E-state index contributed by atoms with van der Waals surface area (Å²) in [6.07, 6.45) is 3.42. The van der Waals surface area contributed by atoms with Crippen molar-refractivity contribution in [2.75, 3.05) is 0 Å². The minimum Gasteiger partial charge on any atom is -0.379 e. The van der Waals surface area contributed by atoms with E-state index in [2.05, 4.69) is 10.6 Å². The first kappa shape index (κ1) is 7.53. The largest absolute Gasteiger partial charge is 0.379 e. The summed E-state index contributed by atoms with van der Waals surface area (Å²) in [5.41, 5.74) is 0. The van der Waals surface area contributed by atoms with Gasteiger partial charge in [-0.25, -0.2) is 0 Å². The molecule has 2 rings (SSSR count). The minimum absolute atomic E-state index is 0.360. The lowest BCUT2D eigenvalue weighted by molar-refractivity contribution is 0.134. The van der Waals surface area contributed by atoms with E-state index in [9.17, 15) is 0 Å². The molecule has 0 aliphatic carbocycles. The van der Waals surface area contributed by atoms with Crippen molar-refractivity contribution in [3.8, 4) is 0 Å². The van der Waals surface area contributed by atoms with Gasteiger partial charge in [0.05, 0.1) is 0 Å². The number of hydrogen-bond acceptors (Lipinski definition) is 3. The molecule has 0 saturated carbocycles. The van der Waals surface area contributed by atoms with Crippen LogP contribution in [0.25, 0.3) is 0 Å². The molecule has 11 heavy (non-hydrogen) atoms. The fraction of sp³-hybridized carbons (Fsp3) is 1.00. The Morgan fingerprint density at radius 1 is 1.55 bits per heavy atom. The SMILES string of the molecule is CC(O)NC1CC2CCC1N2. The Morgan fingerprint density at radius 3 is 2.82 bits per heavy atom. The topological polar surface area (TPSA) is 44.3 Å². The van der Waals surface area contributed by atoms with Crippen molar-refractivity contribution in [1.82, 2.24) is 10.6 Å². The molecular formula is C8H16N2O. The fourth-order valence-corrected chi connectivity index (χ4v) is 2.32. The zero-order valence-electron chi connectivity index (χ0n) is 6.88. The molecule has 0 radical (unpaired) electrons. The van der Waals surface area contributed by atoms with Crippen molar-refractivity contribution in [2.24, 2.45) is 0 Å². The first-order chi connectivity index (χ1) is 5.25. The maximum Gasteiger partial charge on any atom is 0.102 e. The van der Waals surface area contributed by atoms with Crippen molar-refractivity contribution in [2.45, 2.75) is 50.5 Å².